The first-order chi connectivity index (χ1) is 13.1. The van der Waals surface area contributed by atoms with Gasteiger partial charge in [-0.1, -0.05) is 29.8 Å². The van der Waals surface area contributed by atoms with Crippen LogP contribution in [0.3, 0.4) is 0 Å². The number of aryl methyl sites for hydroxylation is 1. The molecule has 2 aliphatic heterocycles. The van der Waals surface area contributed by atoms with E-state index in [4.69, 9.17) is 4.74 Å². The zero-order chi connectivity index (χ0) is 19.1. The highest BCUT2D eigenvalue weighted by Crippen LogP contribution is 2.12. The van der Waals surface area contributed by atoms with E-state index >= 15 is 0 Å². The van der Waals surface area contributed by atoms with Crippen molar-refractivity contribution in [1.29, 1.82) is 0 Å². The molecule has 1 aromatic rings. The number of piperazine rings is 1. The Kier molecular flexibility index (Phi) is 7.55. The third-order valence-corrected chi connectivity index (χ3v) is 5.93. The molecule has 6 nitrogen and oxygen atoms in total. The topological polar surface area (TPSA) is 53.1 Å². The summed E-state index contributed by atoms with van der Waals surface area (Å²) in [6.45, 7) is 8.93. The number of carbonyl (C=O) groups excluding carboxylic acids is 2. The summed E-state index contributed by atoms with van der Waals surface area (Å²) in [5.74, 6) is 1.01. The molecule has 0 saturated carbocycles. The van der Waals surface area contributed by atoms with Crippen LogP contribution in [-0.4, -0.2) is 90.5 Å². The fourth-order valence-corrected chi connectivity index (χ4v) is 4.26. The maximum absolute atomic E-state index is 12.4. The highest BCUT2D eigenvalue weighted by atomic mass is 32.2. The normalized spacial score (nSPS) is 18.6. The molecule has 0 N–H and O–H groups in total. The number of benzene rings is 1. The van der Waals surface area contributed by atoms with E-state index in [0.29, 0.717) is 37.8 Å². The van der Waals surface area contributed by atoms with Gasteiger partial charge in [0.05, 0.1) is 24.7 Å². The molecular formula is C20H29N3O3S. The maximum atomic E-state index is 12.4. The summed E-state index contributed by atoms with van der Waals surface area (Å²) < 4.78 is 5.26. The second-order valence-electron chi connectivity index (χ2n) is 7.13. The van der Waals surface area contributed by atoms with E-state index in [-0.39, 0.29) is 11.8 Å². The molecule has 2 saturated heterocycles. The van der Waals surface area contributed by atoms with Crippen molar-refractivity contribution in [2.24, 2.45) is 0 Å². The van der Waals surface area contributed by atoms with Gasteiger partial charge in [-0.25, -0.2) is 0 Å². The number of carbonyl (C=O) groups is 2. The highest BCUT2D eigenvalue weighted by molar-refractivity contribution is 8.00. The number of ether oxygens (including phenoxy) is 1. The molecule has 0 unspecified atom stereocenters. The molecule has 0 radical (unpaired) electrons. The first-order valence-corrected chi connectivity index (χ1v) is 10.8. The zero-order valence-electron chi connectivity index (χ0n) is 16.1. The van der Waals surface area contributed by atoms with Gasteiger partial charge >= 0.3 is 0 Å². The van der Waals surface area contributed by atoms with E-state index in [1.54, 1.807) is 0 Å². The quantitative estimate of drug-likeness (QED) is 0.730. The smallest absolute Gasteiger partial charge is 0.232 e. The number of amides is 2. The van der Waals surface area contributed by atoms with Gasteiger partial charge in [-0.15, -0.1) is 11.8 Å². The van der Waals surface area contributed by atoms with Crippen molar-refractivity contribution < 1.29 is 14.3 Å². The molecule has 1 aromatic carbocycles. The van der Waals surface area contributed by atoms with Crippen molar-refractivity contribution >= 4 is 23.6 Å². The average Bonchev–Trinajstić information content (AvgIpc) is 2.69. The fourth-order valence-electron chi connectivity index (χ4n) is 3.45. The zero-order valence-corrected chi connectivity index (χ0v) is 16.9. The Labute approximate surface area is 165 Å². The predicted molar refractivity (Wildman–Crippen MR) is 108 cm³/mol. The van der Waals surface area contributed by atoms with Gasteiger partial charge in [0.2, 0.25) is 11.8 Å². The molecule has 2 heterocycles. The molecule has 7 heteroatoms. The van der Waals surface area contributed by atoms with E-state index < -0.39 is 0 Å². The summed E-state index contributed by atoms with van der Waals surface area (Å²) in [6.07, 6.45) is 0. The van der Waals surface area contributed by atoms with Gasteiger partial charge in [-0.3, -0.25) is 14.5 Å². The minimum atomic E-state index is 0.110. The summed E-state index contributed by atoms with van der Waals surface area (Å²) in [6, 6.07) is 8.59. The van der Waals surface area contributed by atoms with Crippen molar-refractivity contribution in [1.82, 2.24) is 14.7 Å². The molecule has 0 atom stereocenters. The minimum absolute atomic E-state index is 0.110. The summed E-state index contributed by atoms with van der Waals surface area (Å²) in [7, 11) is 0. The second-order valence-corrected chi connectivity index (χ2v) is 8.12. The van der Waals surface area contributed by atoms with E-state index in [1.165, 1.54) is 22.9 Å². The van der Waals surface area contributed by atoms with Crippen LogP contribution in [0.15, 0.2) is 24.3 Å². The molecule has 27 heavy (non-hydrogen) atoms. The lowest BCUT2D eigenvalue weighted by Crippen LogP contribution is -2.49. The van der Waals surface area contributed by atoms with Gasteiger partial charge in [0.1, 0.15) is 0 Å². The van der Waals surface area contributed by atoms with E-state index in [1.807, 2.05) is 9.80 Å². The molecular weight excluding hydrogens is 362 g/mol. The van der Waals surface area contributed by atoms with Crippen LogP contribution in [0.1, 0.15) is 11.1 Å². The van der Waals surface area contributed by atoms with Crippen LogP contribution in [-0.2, 0) is 20.9 Å². The second kappa shape index (κ2) is 10.1. The fraction of sp³-hybridized carbons (Fsp3) is 0.600. The van der Waals surface area contributed by atoms with Crippen LogP contribution in [0.5, 0.6) is 0 Å². The molecule has 2 amide bonds. The molecule has 2 aliphatic rings. The highest BCUT2D eigenvalue weighted by Gasteiger charge is 2.22. The largest absolute Gasteiger partial charge is 0.378 e. The van der Waals surface area contributed by atoms with Crippen LogP contribution in [0.2, 0.25) is 0 Å². The van der Waals surface area contributed by atoms with E-state index in [2.05, 4.69) is 36.1 Å². The van der Waals surface area contributed by atoms with Crippen molar-refractivity contribution in [3.8, 4) is 0 Å². The molecule has 148 valence electrons. The Hall–Kier alpha value is -1.57. The molecule has 2 fully saturated rings. The van der Waals surface area contributed by atoms with Gasteiger partial charge < -0.3 is 14.5 Å². The Bertz CT molecular complexity index is 641. The maximum Gasteiger partial charge on any atom is 0.232 e. The van der Waals surface area contributed by atoms with Crippen LogP contribution < -0.4 is 0 Å². The van der Waals surface area contributed by atoms with Gasteiger partial charge in [-0.2, -0.15) is 0 Å². The van der Waals surface area contributed by atoms with Crippen molar-refractivity contribution in [3.05, 3.63) is 35.4 Å². The molecule has 0 aromatic heterocycles. The SMILES string of the molecule is Cc1cccc(CN2CCN(C(=O)CSCC(=O)N3CCOCC3)CC2)c1. The summed E-state index contributed by atoms with van der Waals surface area (Å²) in [5.41, 5.74) is 2.61. The minimum Gasteiger partial charge on any atom is -0.378 e. The third-order valence-electron chi connectivity index (χ3n) is 5.03. The van der Waals surface area contributed by atoms with Crippen molar-refractivity contribution in [3.63, 3.8) is 0 Å². The number of rotatable bonds is 6. The van der Waals surface area contributed by atoms with Crippen molar-refractivity contribution in [2.75, 3.05) is 64.0 Å². The molecule has 0 bridgehead atoms. The lowest BCUT2D eigenvalue weighted by molar-refractivity contribution is -0.132. The van der Waals surface area contributed by atoms with Crippen LogP contribution in [0.4, 0.5) is 0 Å². The van der Waals surface area contributed by atoms with Gasteiger partial charge in [0.25, 0.3) is 0 Å². The summed E-state index contributed by atoms with van der Waals surface area (Å²) in [4.78, 5) is 30.7. The van der Waals surface area contributed by atoms with E-state index in [9.17, 15) is 9.59 Å². The molecule has 0 spiro atoms. The van der Waals surface area contributed by atoms with Gasteiger partial charge in [0, 0.05) is 45.8 Å². The Morgan fingerprint density at radius 1 is 0.963 bits per heavy atom. The monoisotopic (exact) mass is 391 g/mol. The predicted octanol–water partition coefficient (Wildman–Crippen LogP) is 1.23. The number of hydrogen-bond donors (Lipinski definition) is 0. The number of thioether (sulfide) groups is 1. The van der Waals surface area contributed by atoms with E-state index in [0.717, 1.165) is 32.7 Å². The summed E-state index contributed by atoms with van der Waals surface area (Å²) >= 11 is 1.42. The lowest BCUT2D eigenvalue weighted by Gasteiger charge is -2.34. The van der Waals surface area contributed by atoms with Gasteiger partial charge in [-0.05, 0) is 12.5 Å². The lowest BCUT2D eigenvalue weighted by atomic mass is 10.1. The Morgan fingerprint density at radius 3 is 2.22 bits per heavy atom. The van der Waals surface area contributed by atoms with Crippen LogP contribution >= 0.6 is 11.8 Å². The average molecular weight is 392 g/mol. The Morgan fingerprint density at radius 2 is 1.59 bits per heavy atom. The van der Waals surface area contributed by atoms with Crippen LogP contribution in [0, 0.1) is 6.92 Å². The number of morpholine rings is 1. The summed E-state index contributed by atoms with van der Waals surface area (Å²) in [5, 5.41) is 0. The van der Waals surface area contributed by atoms with Crippen LogP contribution in [0.25, 0.3) is 0 Å². The molecule has 0 aliphatic carbocycles. The van der Waals surface area contributed by atoms with Crippen molar-refractivity contribution in [2.45, 2.75) is 13.5 Å². The number of nitrogens with zero attached hydrogens (tertiary/aromatic N) is 3. The first-order valence-electron chi connectivity index (χ1n) is 9.61. The molecule has 3 rings (SSSR count). The Balaban J connectivity index is 1.34. The standard InChI is InChI=1S/C20H29N3O3S/c1-17-3-2-4-18(13-17)14-21-5-7-22(8-6-21)19(24)15-27-16-20(25)23-9-11-26-12-10-23/h2-4,13H,5-12,14-16H2,1H3. The third kappa shape index (κ3) is 6.23. The first kappa shape index (κ1) is 20.2. The van der Waals surface area contributed by atoms with Gasteiger partial charge in [0.15, 0.2) is 0 Å². The number of hydrogen-bond acceptors (Lipinski definition) is 5.